The fourth-order valence-electron chi connectivity index (χ4n) is 3.81. The first-order valence-electron chi connectivity index (χ1n) is 11.2. The first-order chi connectivity index (χ1) is 16.1. The average molecular weight is 445 g/mol. The predicted octanol–water partition coefficient (Wildman–Crippen LogP) is 5.31. The third kappa shape index (κ3) is 6.24. The predicted molar refractivity (Wildman–Crippen MR) is 128 cm³/mol. The molecule has 4 rings (SSSR count). The summed E-state index contributed by atoms with van der Waals surface area (Å²) in [6.07, 6.45) is 4.27. The van der Waals surface area contributed by atoms with Gasteiger partial charge in [0.05, 0.1) is 0 Å². The summed E-state index contributed by atoms with van der Waals surface area (Å²) in [7, 11) is 0. The van der Waals surface area contributed by atoms with Crippen LogP contribution in [0.25, 0.3) is 6.08 Å². The van der Waals surface area contributed by atoms with Crippen LogP contribution in [0.15, 0.2) is 78.9 Å². The molecule has 1 N–H and O–H groups in total. The van der Waals surface area contributed by atoms with Crippen LogP contribution in [0.2, 0.25) is 0 Å². The minimum Gasteiger partial charge on any atom is -0.489 e. The van der Waals surface area contributed by atoms with E-state index in [9.17, 15) is 9.90 Å². The van der Waals surface area contributed by atoms with Gasteiger partial charge in [0.15, 0.2) is 6.10 Å². The van der Waals surface area contributed by atoms with E-state index in [1.54, 1.807) is 6.92 Å². The summed E-state index contributed by atoms with van der Waals surface area (Å²) in [6, 6.07) is 24.0. The lowest BCUT2D eigenvalue weighted by atomic mass is 10.00. The SMILES string of the molecule is CCOC(Cc1ccc2c(c1)C=C[C@@H](Cc1ccc(OCc3ccccc3)cc1)O2)C(=O)O. The first-order valence-corrected chi connectivity index (χ1v) is 11.2. The van der Waals surface area contributed by atoms with Crippen molar-refractivity contribution in [2.75, 3.05) is 6.61 Å². The summed E-state index contributed by atoms with van der Waals surface area (Å²) >= 11 is 0. The molecule has 2 atom stereocenters. The summed E-state index contributed by atoms with van der Waals surface area (Å²) < 4.78 is 17.3. The minimum absolute atomic E-state index is 0.0605. The van der Waals surface area contributed by atoms with Crippen molar-refractivity contribution in [1.29, 1.82) is 0 Å². The van der Waals surface area contributed by atoms with Gasteiger partial charge in [-0.2, -0.15) is 0 Å². The van der Waals surface area contributed by atoms with Gasteiger partial charge in [-0.05, 0) is 54.0 Å². The van der Waals surface area contributed by atoms with Crippen molar-refractivity contribution in [3.8, 4) is 11.5 Å². The highest BCUT2D eigenvalue weighted by molar-refractivity contribution is 5.73. The fourth-order valence-corrected chi connectivity index (χ4v) is 3.81. The second-order valence-corrected chi connectivity index (χ2v) is 8.00. The van der Waals surface area contributed by atoms with Gasteiger partial charge in [0.25, 0.3) is 0 Å². The zero-order valence-electron chi connectivity index (χ0n) is 18.6. The van der Waals surface area contributed by atoms with Crippen LogP contribution in [0.3, 0.4) is 0 Å². The van der Waals surface area contributed by atoms with Crippen LogP contribution in [0.4, 0.5) is 0 Å². The maximum atomic E-state index is 11.4. The van der Waals surface area contributed by atoms with Crippen LogP contribution in [-0.2, 0) is 29.0 Å². The van der Waals surface area contributed by atoms with Gasteiger partial charge in [-0.25, -0.2) is 4.79 Å². The molecule has 170 valence electrons. The average Bonchev–Trinajstić information content (AvgIpc) is 2.84. The summed E-state index contributed by atoms with van der Waals surface area (Å²) in [5.74, 6) is 0.697. The van der Waals surface area contributed by atoms with Crippen molar-refractivity contribution < 1.29 is 24.1 Å². The molecule has 33 heavy (non-hydrogen) atoms. The molecule has 0 amide bonds. The number of rotatable bonds is 10. The van der Waals surface area contributed by atoms with Gasteiger partial charge in [0, 0.05) is 25.0 Å². The van der Waals surface area contributed by atoms with E-state index < -0.39 is 12.1 Å². The Labute approximate surface area is 194 Å². The van der Waals surface area contributed by atoms with Gasteiger partial charge in [0.1, 0.15) is 24.2 Å². The van der Waals surface area contributed by atoms with E-state index in [1.165, 1.54) is 0 Å². The quantitative estimate of drug-likeness (QED) is 0.459. The van der Waals surface area contributed by atoms with Crippen LogP contribution in [0.1, 0.15) is 29.2 Å². The summed E-state index contributed by atoms with van der Waals surface area (Å²) in [4.78, 5) is 11.4. The molecular formula is C28H28O5. The molecule has 0 fully saturated rings. The maximum absolute atomic E-state index is 11.4. The smallest absolute Gasteiger partial charge is 0.333 e. The van der Waals surface area contributed by atoms with E-state index in [1.807, 2.05) is 72.8 Å². The second-order valence-electron chi connectivity index (χ2n) is 8.00. The van der Waals surface area contributed by atoms with Crippen LogP contribution >= 0.6 is 0 Å². The third-order valence-electron chi connectivity index (χ3n) is 5.52. The molecule has 0 aromatic heterocycles. The van der Waals surface area contributed by atoms with Gasteiger partial charge in [-0.3, -0.25) is 0 Å². The highest BCUT2D eigenvalue weighted by Crippen LogP contribution is 2.29. The summed E-state index contributed by atoms with van der Waals surface area (Å²) in [6.45, 7) is 2.71. The summed E-state index contributed by atoms with van der Waals surface area (Å²) in [5.41, 5.74) is 4.17. The lowest BCUT2D eigenvalue weighted by Gasteiger charge is -2.22. The van der Waals surface area contributed by atoms with Crippen molar-refractivity contribution >= 4 is 12.0 Å². The van der Waals surface area contributed by atoms with E-state index >= 15 is 0 Å². The molecule has 0 aliphatic carbocycles. The molecule has 1 aliphatic rings. The van der Waals surface area contributed by atoms with E-state index in [0.29, 0.717) is 19.6 Å². The number of carbonyl (C=O) groups is 1. The Morgan fingerprint density at radius 1 is 1.00 bits per heavy atom. The number of fused-ring (bicyclic) bond motifs is 1. The Hall–Kier alpha value is -3.57. The van der Waals surface area contributed by atoms with Gasteiger partial charge < -0.3 is 19.3 Å². The van der Waals surface area contributed by atoms with Crippen molar-refractivity contribution in [1.82, 2.24) is 0 Å². The van der Waals surface area contributed by atoms with E-state index in [2.05, 4.69) is 12.1 Å². The number of benzene rings is 3. The molecule has 0 bridgehead atoms. The Bertz CT molecular complexity index is 1090. The number of ether oxygens (including phenoxy) is 3. The second kappa shape index (κ2) is 10.8. The molecule has 5 nitrogen and oxygen atoms in total. The minimum atomic E-state index is -0.946. The number of hydrogen-bond donors (Lipinski definition) is 1. The van der Waals surface area contributed by atoms with Gasteiger partial charge in [-0.15, -0.1) is 0 Å². The first kappa shape index (κ1) is 22.6. The van der Waals surface area contributed by atoms with Crippen LogP contribution < -0.4 is 9.47 Å². The van der Waals surface area contributed by atoms with Crippen LogP contribution in [-0.4, -0.2) is 29.9 Å². The van der Waals surface area contributed by atoms with Gasteiger partial charge >= 0.3 is 5.97 Å². The largest absolute Gasteiger partial charge is 0.489 e. The highest BCUT2D eigenvalue weighted by Gasteiger charge is 2.20. The zero-order chi connectivity index (χ0) is 23.0. The lowest BCUT2D eigenvalue weighted by Crippen LogP contribution is -2.26. The van der Waals surface area contributed by atoms with Crippen molar-refractivity contribution in [3.63, 3.8) is 0 Å². The number of carboxylic acids is 1. The van der Waals surface area contributed by atoms with E-state index in [0.717, 1.165) is 40.2 Å². The van der Waals surface area contributed by atoms with Crippen molar-refractivity contribution in [2.45, 2.75) is 38.6 Å². The van der Waals surface area contributed by atoms with Crippen LogP contribution in [0, 0.1) is 0 Å². The number of aliphatic carboxylic acids is 1. The Balaban J connectivity index is 1.33. The monoisotopic (exact) mass is 444 g/mol. The van der Waals surface area contributed by atoms with Crippen LogP contribution in [0.5, 0.6) is 11.5 Å². The molecule has 5 heteroatoms. The Kier molecular flexibility index (Phi) is 7.43. The van der Waals surface area contributed by atoms with Gasteiger partial charge in [0.2, 0.25) is 0 Å². The maximum Gasteiger partial charge on any atom is 0.333 e. The molecule has 1 unspecified atom stereocenters. The molecule has 0 saturated carbocycles. The molecule has 1 aliphatic heterocycles. The molecule has 1 heterocycles. The third-order valence-corrected chi connectivity index (χ3v) is 5.52. The Morgan fingerprint density at radius 3 is 2.48 bits per heavy atom. The molecule has 0 saturated heterocycles. The molecule has 0 spiro atoms. The number of hydrogen-bond acceptors (Lipinski definition) is 4. The van der Waals surface area contributed by atoms with E-state index in [-0.39, 0.29) is 6.10 Å². The topological polar surface area (TPSA) is 65.0 Å². The summed E-state index contributed by atoms with van der Waals surface area (Å²) in [5, 5.41) is 9.31. The highest BCUT2D eigenvalue weighted by atomic mass is 16.5. The molecule has 3 aromatic rings. The van der Waals surface area contributed by atoms with E-state index in [4.69, 9.17) is 14.2 Å². The molecule has 0 radical (unpaired) electrons. The van der Waals surface area contributed by atoms with Crippen molar-refractivity contribution in [2.24, 2.45) is 0 Å². The zero-order valence-corrected chi connectivity index (χ0v) is 18.6. The molecule has 3 aromatic carbocycles. The van der Waals surface area contributed by atoms with Crippen molar-refractivity contribution in [3.05, 3.63) is 101 Å². The lowest BCUT2D eigenvalue weighted by molar-refractivity contribution is -0.149. The molecular weight excluding hydrogens is 416 g/mol. The number of carboxylic acid groups (broad SMARTS) is 1. The Morgan fingerprint density at radius 2 is 1.76 bits per heavy atom. The fraction of sp³-hybridized carbons (Fsp3) is 0.250. The standard InChI is InChI=1S/C28H28O5/c1-2-31-27(28(29)30)18-22-10-15-26-23(16-22)11-14-25(33-26)17-20-8-12-24(13-9-20)32-19-21-6-4-3-5-7-21/h3-16,25,27H,2,17-19H2,1H3,(H,29,30)/t25-,27?/m0/s1. The normalized spacial score (nSPS) is 15.4. The van der Waals surface area contributed by atoms with Gasteiger partial charge in [-0.1, -0.05) is 54.6 Å².